The van der Waals surface area contributed by atoms with Crippen LogP contribution in [0.1, 0.15) is 23.2 Å². The summed E-state index contributed by atoms with van der Waals surface area (Å²) in [6.45, 7) is 2.66. The highest BCUT2D eigenvalue weighted by Crippen LogP contribution is 2.25. The van der Waals surface area contributed by atoms with Gasteiger partial charge in [0.2, 0.25) is 0 Å². The van der Waals surface area contributed by atoms with Gasteiger partial charge in [-0.3, -0.25) is 4.79 Å². The lowest BCUT2D eigenvalue weighted by Gasteiger charge is -2.23. The van der Waals surface area contributed by atoms with Crippen molar-refractivity contribution < 1.29 is 9.18 Å². The molecule has 2 heterocycles. The summed E-state index contributed by atoms with van der Waals surface area (Å²) in [7, 11) is 0. The number of halogens is 1. The first-order chi connectivity index (χ1) is 13.2. The lowest BCUT2D eigenvalue weighted by Crippen LogP contribution is -2.38. The van der Waals surface area contributed by atoms with Gasteiger partial charge in [0.1, 0.15) is 5.82 Å². The van der Waals surface area contributed by atoms with E-state index < -0.39 is 0 Å². The van der Waals surface area contributed by atoms with Gasteiger partial charge in [0.05, 0.1) is 16.8 Å². The number of pyridine rings is 1. The first kappa shape index (κ1) is 17.6. The van der Waals surface area contributed by atoms with Gasteiger partial charge in [-0.15, -0.1) is 0 Å². The average molecular weight is 363 g/mol. The zero-order valence-corrected chi connectivity index (χ0v) is 15.0. The van der Waals surface area contributed by atoms with Gasteiger partial charge in [-0.25, -0.2) is 9.37 Å². The Balaban J connectivity index is 1.65. The molecular weight excluding hydrogens is 341 g/mol. The molecule has 2 aromatic carbocycles. The predicted molar refractivity (Wildman–Crippen MR) is 105 cm³/mol. The Bertz CT molecular complexity index is 949. The number of para-hydroxylation sites is 1. The summed E-state index contributed by atoms with van der Waals surface area (Å²) < 4.78 is 13.3. The number of nitrogens with one attached hydrogen (secondary N) is 2. The fraction of sp³-hybridized carbons (Fsp3) is 0.273. The van der Waals surface area contributed by atoms with E-state index in [0.29, 0.717) is 23.7 Å². The average Bonchev–Trinajstić information content (AvgIpc) is 2.72. The van der Waals surface area contributed by atoms with Crippen LogP contribution in [-0.2, 0) is 0 Å². The normalized spacial score (nSPS) is 17.0. The summed E-state index contributed by atoms with van der Waals surface area (Å²) in [4.78, 5) is 17.6. The molecule has 0 aliphatic carbocycles. The van der Waals surface area contributed by atoms with Crippen LogP contribution in [0.4, 0.5) is 4.39 Å². The molecular formula is C22H22FN3O. The molecule has 0 bridgehead atoms. The Morgan fingerprint density at radius 1 is 1.19 bits per heavy atom. The molecule has 2 N–H and O–H groups in total. The Morgan fingerprint density at radius 2 is 2.00 bits per heavy atom. The van der Waals surface area contributed by atoms with Crippen molar-refractivity contribution in [3.8, 4) is 11.3 Å². The molecule has 0 radical (unpaired) electrons. The number of aromatic nitrogens is 1. The highest BCUT2D eigenvalue weighted by molar-refractivity contribution is 6.07. The molecule has 4 rings (SSSR count). The van der Waals surface area contributed by atoms with Gasteiger partial charge < -0.3 is 10.6 Å². The summed E-state index contributed by atoms with van der Waals surface area (Å²) in [5, 5.41) is 7.27. The molecule has 138 valence electrons. The molecule has 0 saturated carbocycles. The summed E-state index contributed by atoms with van der Waals surface area (Å²) >= 11 is 0. The van der Waals surface area contributed by atoms with Gasteiger partial charge in [-0.1, -0.05) is 18.2 Å². The first-order valence-corrected chi connectivity index (χ1v) is 9.35. The van der Waals surface area contributed by atoms with Gasteiger partial charge in [0.25, 0.3) is 5.91 Å². The number of carbonyl (C=O) groups excluding carboxylic acids is 1. The summed E-state index contributed by atoms with van der Waals surface area (Å²) in [6, 6.07) is 15.6. The highest BCUT2D eigenvalue weighted by Gasteiger charge is 2.17. The third-order valence-corrected chi connectivity index (χ3v) is 5.05. The van der Waals surface area contributed by atoms with E-state index in [4.69, 9.17) is 0 Å². The SMILES string of the molecule is O=C(NCC1CCCNC1)c1cc(-c2ccc(F)cc2)nc2ccccc12. The van der Waals surface area contributed by atoms with E-state index in [-0.39, 0.29) is 11.7 Å². The van der Waals surface area contributed by atoms with Crippen molar-refractivity contribution in [2.45, 2.75) is 12.8 Å². The third kappa shape index (κ3) is 3.98. The fourth-order valence-corrected chi connectivity index (χ4v) is 3.56. The number of piperidine rings is 1. The zero-order chi connectivity index (χ0) is 18.6. The van der Waals surface area contributed by atoms with Crippen molar-refractivity contribution >= 4 is 16.8 Å². The van der Waals surface area contributed by atoms with Crippen LogP contribution in [0.25, 0.3) is 22.2 Å². The van der Waals surface area contributed by atoms with Gasteiger partial charge in [0, 0.05) is 17.5 Å². The minimum Gasteiger partial charge on any atom is -0.352 e. The van der Waals surface area contributed by atoms with Crippen LogP contribution in [0, 0.1) is 11.7 Å². The van der Waals surface area contributed by atoms with Crippen LogP contribution in [0.3, 0.4) is 0 Å². The monoisotopic (exact) mass is 363 g/mol. The van der Waals surface area contributed by atoms with E-state index >= 15 is 0 Å². The minimum atomic E-state index is -0.293. The number of fused-ring (bicyclic) bond motifs is 1. The van der Waals surface area contributed by atoms with Gasteiger partial charge in [0.15, 0.2) is 0 Å². The van der Waals surface area contributed by atoms with E-state index in [2.05, 4.69) is 15.6 Å². The molecule has 5 heteroatoms. The molecule has 1 atom stereocenters. The highest BCUT2D eigenvalue weighted by atomic mass is 19.1. The maximum atomic E-state index is 13.3. The Hall–Kier alpha value is -2.79. The van der Waals surface area contributed by atoms with Gasteiger partial charge in [-0.2, -0.15) is 0 Å². The fourth-order valence-electron chi connectivity index (χ4n) is 3.56. The number of hydrogen-bond acceptors (Lipinski definition) is 3. The third-order valence-electron chi connectivity index (χ3n) is 5.05. The summed E-state index contributed by atoms with van der Waals surface area (Å²) in [6.07, 6.45) is 2.28. The second-order valence-corrected chi connectivity index (χ2v) is 7.00. The van der Waals surface area contributed by atoms with E-state index in [0.717, 1.165) is 42.4 Å². The van der Waals surface area contributed by atoms with Crippen LogP contribution >= 0.6 is 0 Å². The summed E-state index contributed by atoms with van der Waals surface area (Å²) in [5.74, 6) is 0.0773. The Kier molecular flexibility index (Phi) is 5.12. The topological polar surface area (TPSA) is 54.0 Å². The predicted octanol–water partition coefficient (Wildman–Crippen LogP) is 3.77. The van der Waals surface area contributed by atoms with Crippen LogP contribution in [0.5, 0.6) is 0 Å². The quantitative estimate of drug-likeness (QED) is 0.742. The zero-order valence-electron chi connectivity index (χ0n) is 15.0. The molecule has 1 aliphatic rings. The standard InChI is InChI=1S/C22H22FN3O/c23-17-9-7-16(8-10-17)21-12-19(18-5-1-2-6-20(18)26-21)22(27)25-14-15-4-3-11-24-13-15/h1-2,5-10,12,15,24H,3-4,11,13-14H2,(H,25,27). The Morgan fingerprint density at radius 3 is 2.78 bits per heavy atom. The maximum absolute atomic E-state index is 13.3. The van der Waals surface area contributed by atoms with Gasteiger partial charge >= 0.3 is 0 Å². The number of rotatable bonds is 4. The number of carbonyl (C=O) groups is 1. The van der Waals surface area contributed by atoms with E-state index in [1.165, 1.54) is 12.1 Å². The lowest BCUT2D eigenvalue weighted by atomic mass is 9.99. The number of nitrogens with zero attached hydrogens (tertiary/aromatic N) is 1. The molecule has 1 aliphatic heterocycles. The van der Waals surface area contributed by atoms with Crippen molar-refractivity contribution in [2.24, 2.45) is 5.92 Å². The smallest absolute Gasteiger partial charge is 0.252 e. The molecule has 1 amide bonds. The number of benzene rings is 2. The van der Waals surface area contributed by atoms with Crippen LogP contribution in [-0.4, -0.2) is 30.5 Å². The summed E-state index contributed by atoms with van der Waals surface area (Å²) in [5.41, 5.74) is 2.80. The minimum absolute atomic E-state index is 0.0949. The molecule has 3 aromatic rings. The van der Waals surface area contributed by atoms with Gasteiger partial charge in [-0.05, 0) is 68.2 Å². The maximum Gasteiger partial charge on any atom is 0.252 e. The van der Waals surface area contributed by atoms with Crippen LogP contribution < -0.4 is 10.6 Å². The largest absolute Gasteiger partial charge is 0.352 e. The van der Waals surface area contributed by atoms with Crippen molar-refractivity contribution in [2.75, 3.05) is 19.6 Å². The van der Waals surface area contributed by atoms with E-state index in [1.54, 1.807) is 18.2 Å². The van der Waals surface area contributed by atoms with Crippen molar-refractivity contribution in [3.63, 3.8) is 0 Å². The first-order valence-electron chi connectivity index (χ1n) is 9.35. The number of hydrogen-bond donors (Lipinski definition) is 2. The second-order valence-electron chi connectivity index (χ2n) is 7.00. The molecule has 1 aromatic heterocycles. The van der Waals surface area contributed by atoms with Crippen LogP contribution in [0.2, 0.25) is 0 Å². The number of amides is 1. The van der Waals surface area contributed by atoms with E-state index in [1.807, 2.05) is 24.3 Å². The molecule has 1 unspecified atom stereocenters. The Labute approximate surface area is 157 Å². The van der Waals surface area contributed by atoms with Crippen molar-refractivity contribution in [1.82, 2.24) is 15.6 Å². The van der Waals surface area contributed by atoms with Crippen molar-refractivity contribution in [1.29, 1.82) is 0 Å². The van der Waals surface area contributed by atoms with Crippen molar-refractivity contribution in [3.05, 3.63) is 66.0 Å². The van der Waals surface area contributed by atoms with Crippen LogP contribution in [0.15, 0.2) is 54.6 Å². The lowest BCUT2D eigenvalue weighted by molar-refractivity contribution is 0.0946. The molecule has 1 fully saturated rings. The van der Waals surface area contributed by atoms with E-state index in [9.17, 15) is 9.18 Å². The molecule has 27 heavy (non-hydrogen) atoms. The molecule has 0 spiro atoms. The second kappa shape index (κ2) is 7.84. The molecule has 1 saturated heterocycles. The molecule has 4 nitrogen and oxygen atoms in total.